The number of carbonyl (C=O) groups excluding carboxylic acids is 6. The molecule has 5 amide bonds. The Hall–Kier alpha value is -4.16. The van der Waals surface area contributed by atoms with Gasteiger partial charge in [0.05, 0.1) is 7.11 Å². The molecule has 13 heteroatoms. The number of amides is 5. The first-order valence-electron chi connectivity index (χ1n) is 18.3. The molecule has 0 aliphatic heterocycles. The summed E-state index contributed by atoms with van der Waals surface area (Å²) in [4.78, 5) is 81.8. The lowest BCUT2D eigenvalue weighted by Gasteiger charge is -2.32. The van der Waals surface area contributed by atoms with Gasteiger partial charge in [-0.2, -0.15) is 0 Å². The number of rotatable bonds is 19. The summed E-state index contributed by atoms with van der Waals surface area (Å²) in [5, 5.41) is 11.2. The van der Waals surface area contributed by atoms with Crippen LogP contribution in [0.2, 0.25) is 0 Å². The molecule has 0 fully saturated rings. The molecule has 1 rings (SSSR count). The van der Waals surface area contributed by atoms with Crippen LogP contribution in [-0.2, 0) is 39.9 Å². The molecule has 0 bridgehead atoms. The summed E-state index contributed by atoms with van der Waals surface area (Å²) in [7, 11) is 2.74. The number of likely N-dealkylation sites (N-methyl/N-ethyl adjacent to an activating group) is 1. The van der Waals surface area contributed by atoms with Crippen LogP contribution in [0.4, 0.5) is 4.79 Å². The highest BCUT2D eigenvalue weighted by molar-refractivity contribution is 5.96. The molecule has 1 aromatic carbocycles. The van der Waals surface area contributed by atoms with E-state index in [1.807, 2.05) is 71.9 Å². The number of nitrogens with zero attached hydrogens (tertiary/aromatic N) is 1. The topological polar surface area (TPSA) is 172 Å². The Morgan fingerprint density at radius 1 is 0.654 bits per heavy atom. The molecule has 13 nitrogen and oxygen atoms in total. The Kier molecular flexibility index (Phi) is 18.9. The quantitative estimate of drug-likeness (QED) is 0.152. The van der Waals surface area contributed by atoms with Crippen LogP contribution in [0.1, 0.15) is 101 Å². The third-order valence-corrected chi connectivity index (χ3v) is 8.16. The summed E-state index contributed by atoms with van der Waals surface area (Å²) in [6.07, 6.45) is 0.400. The van der Waals surface area contributed by atoms with Crippen LogP contribution in [0.15, 0.2) is 30.3 Å². The summed E-state index contributed by atoms with van der Waals surface area (Å²) in [5.41, 5.74) is 0.0526. The fraction of sp³-hybridized carbons (Fsp3) is 0.692. The van der Waals surface area contributed by atoms with Crippen molar-refractivity contribution >= 4 is 35.7 Å². The molecule has 0 spiro atoms. The summed E-state index contributed by atoms with van der Waals surface area (Å²) in [6, 6.07) is 4.20. The molecule has 0 saturated carbocycles. The summed E-state index contributed by atoms with van der Waals surface area (Å²) < 4.78 is 10.5. The lowest BCUT2D eigenvalue weighted by Crippen LogP contribution is -2.60. The van der Waals surface area contributed by atoms with Gasteiger partial charge in [0.2, 0.25) is 23.6 Å². The van der Waals surface area contributed by atoms with Gasteiger partial charge in [-0.25, -0.2) is 9.59 Å². The van der Waals surface area contributed by atoms with E-state index >= 15 is 0 Å². The lowest BCUT2D eigenvalue weighted by atomic mass is 9.97. The molecule has 0 aliphatic rings. The smallest absolute Gasteiger partial charge is 0.410 e. The monoisotopic (exact) mass is 731 g/mol. The van der Waals surface area contributed by atoms with Gasteiger partial charge in [0.15, 0.2) is 0 Å². The van der Waals surface area contributed by atoms with Gasteiger partial charge in [0, 0.05) is 13.5 Å². The summed E-state index contributed by atoms with van der Waals surface area (Å²) in [5.74, 6) is -3.21. The number of esters is 1. The van der Waals surface area contributed by atoms with E-state index in [2.05, 4.69) is 21.3 Å². The maximum Gasteiger partial charge on any atom is 0.410 e. The Morgan fingerprint density at radius 2 is 1.12 bits per heavy atom. The molecular weight excluding hydrogens is 666 g/mol. The SMILES string of the molecule is COC(=O)[C@H](Cc1ccccc1)NC(=O)[C@H](CC(C)C)NC(=O)[C@H](NC(=O)[C@H](CC(C)C)NC(=O)[C@H](CC(C)C)N(C)C(=O)OC(C)(C)C)C(C)C. The van der Waals surface area contributed by atoms with Crippen LogP contribution < -0.4 is 21.3 Å². The van der Waals surface area contributed by atoms with Crippen molar-refractivity contribution in [1.29, 1.82) is 0 Å². The molecular formula is C39H65N5O8. The Bertz CT molecular complexity index is 1330. The minimum Gasteiger partial charge on any atom is -0.467 e. The average Bonchev–Trinajstić information content (AvgIpc) is 3.03. The van der Waals surface area contributed by atoms with Crippen molar-refractivity contribution in [1.82, 2.24) is 26.2 Å². The molecule has 1 aromatic rings. The second-order valence-corrected chi connectivity index (χ2v) is 16.1. The van der Waals surface area contributed by atoms with E-state index < -0.39 is 77.4 Å². The highest BCUT2D eigenvalue weighted by Gasteiger charge is 2.36. The predicted molar refractivity (Wildman–Crippen MR) is 201 cm³/mol. The van der Waals surface area contributed by atoms with E-state index in [1.165, 1.54) is 19.1 Å². The fourth-order valence-electron chi connectivity index (χ4n) is 5.53. The molecule has 5 atom stereocenters. The second-order valence-electron chi connectivity index (χ2n) is 16.1. The molecule has 0 radical (unpaired) electrons. The Morgan fingerprint density at radius 3 is 1.56 bits per heavy atom. The number of methoxy groups -OCH3 is 1. The molecule has 294 valence electrons. The van der Waals surface area contributed by atoms with E-state index in [0.29, 0.717) is 6.42 Å². The number of hydrogen-bond acceptors (Lipinski definition) is 8. The highest BCUT2D eigenvalue weighted by Crippen LogP contribution is 2.17. The van der Waals surface area contributed by atoms with Gasteiger partial charge < -0.3 is 30.7 Å². The number of hydrogen-bond donors (Lipinski definition) is 4. The molecule has 0 aromatic heterocycles. The minimum atomic E-state index is -1.06. The van der Waals surface area contributed by atoms with E-state index in [9.17, 15) is 28.8 Å². The average molecular weight is 732 g/mol. The van der Waals surface area contributed by atoms with Crippen molar-refractivity contribution in [2.75, 3.05) is 14.2 Å². The molecule has 4 N–H and O–H groups in total. The van der Waals surface area contributed by atoms with Crippen molar-refractivity contribution < 1.29 is 38.2 Å². The van der Waals surface area contributed by atoms with Crippen LogP contribution in [0.5, 0.6) is 0 Å². The Balaban J connectivity index is 3.26. The van der Waals surface area contributed by atoms with Crippen LogP contribution >= 0.6 is 0 Å². The van der Waals surface area contributed by atoms with Crippen molar-refractivity contribution in [3.8, 4) is 0 Å². The van der Waals surface area contributed by atoms with E-state index in [0.717, 1.165) is 5.56 Å². The zero-order chi connectivity index (χ0) is 39.9. The number of benzene rings is 1. The van der Waals surface area contributed by atoms with Gasteiger partial charge in [-0.3, -0.25) is 24.1 Å². The number of nitrogens with one attached hydrogen (secondary N) is 4. The van der Waals surface area contributed by atoms with Crippen molar-refractivity contribution in [3.05, 3.63) is 35.9 Å². The standard InChI is InChI=1S/C39H65N5O8/c1-23(2)19-28(33(45)42-30(37(49)51-13)22-27-17-15-14-16-18-27)41-36(48)32(26(7)8)43-34(46)29(20-24(3)4)40-35(47)31(21-25(5)6)44(12)38(50)52-39(9,10)11/h14-18,23-26,28-32H,19-22H2,1-13H3,(H,40,47)(H,41,48)(H,42,45)(H,43,46)/t28-,29-,30-,31-,32+/m0/s1. The van der Waals surface area contributed by atoms with Crippen LogP contribution in [-0.4, -0.2) is 90.6 Å². The second kappa shape index (κ2) is 21.4. The van der Waals surface area contributed by atoms with E-state index in [1.54, 1.807) is 34.6 Å². The third-order valence-electron chi connectivity index (χ3n) is 8.16. The van der Waals surface area contributed by atoms with E-state index in [4.69, 9.17) is 9.47 Å². The first kappa shape index (κ1) is 45.9. The minimum absolute atomic E-state index is 0.00271. The van der Waals surface area contributed by atoms with Gasteiger partial charge in [-0.1, -0.05) is 85.7 Å². The normalized spacial score (nSPS) is 14.6. The fourth-order valence-corrected chi connectivity index (χ4v) is 5.53. The first-order chi connectivity index (χ1) is 24.1. The molecule has 0 unspecified atom stereocenters. The lowest BCUT2D eigenvalue weighted by molar-refractivity contribution is -0.145. The van der Waals surface area contributed by atoms with Gasteiger partial charge in [0.1, 0.15) is 35.8 Å². The van der Waals surface area contributed by atoms with Crippen LogP contribution in [0.25, 0.3) is 0 Å². The number of ether oxygens (including phenoxy) is 2. The molecule has 0 heterocycles. The molecule has 0 saturated heterocycles. The van der Waals surface area contributed by atoms with Crippen molar-refractivity contribution in [2.45, 2.75) is 138 Å². The number of carbonyl (C=O) groups is 6. The molecule has 52 heavy (non-hydrogen) atoms. The predicted octanol–water partition coefficient (Wildman–Crippen LogP) is 4.37. The van der Waals surface area contributed by atoms with Crippen molar-refractivity contribution in [2.24, 2.45) is 23.7 Å². The summed E-state index contributed by atoms with van der Waals surface area (Å²) in [6.45, 7) is 20.2. The maximum absolute atomic E-state index is 13.9. The first-order valence-corrected chi connectivity index (χ1v) is 18.3. The van der Waals surface area contributed by atoms with Crippen LogP contribution in [0.3, 0.4) is 0 Å². The maximum atomic E-state index is 13.9. The van der Waals surface area contributed by atoms with E-state index in [-0.39, 0.29) is 37.0 Å². The zero-order valence-electron chi connectivity index (χ0n) is 33.6. The zero-order valence-corrected chi connectivity index (χ0v) is 33.6. The van der Waals surface area contributed by atoms with Gasteiger partial charge in [-0.05, 0) is 69.3 Å². The van der Waals surface area contributed by atoms with Gasteiger partial charge in [0.25, 0.3) is 0 Å². The summed E-state index contributed by atoms with van der Waals surface area (Å²) >= 11 is 0. The Labute approximate surface area is 311 Å². The molecule has 0 aliphatic carbocycles. The largest absolute Gasteiger partial charge is 0.467 e. The van der Waals surface area contributed by atoms with Crippen LogP contribution in [0, 0.1) is 23.7 Å². The highest BCUT2D eigenvalue weighted by atomic mass is 16.6. The van der Waals surface area contributed by atoms with Gasteiger partial charge >= 0.3 is 12.1 Å². The third kappa shape index (κ3) is 16.5. The van der Waals surface area contributed by atoms with Crippen molar-refractivity contribution in [3.63, 3.8) is 0 Å². The van der Waals surface area contributed by atoms with Gasteiger partial charge in [-0.15, -0.1) is 0 Å².